The van der Waals surface area contributed by atoms with E-state index < -0.39 is 23.1 Å². The lowest BCUT2D eigenvalue weighted by atomic mass is 10.1. The zero-order valence-corrected chi connectivity index (χ0v) is 17.4. The Labute approximate surface area is 190 Å². The Balaban J connectivity index is 1.50. The highest BCUT2D eigenvalue weighted by Gasteiger charge is 2.18. The van der Waals surface area contributed by atoms with Gasteiger partial charge in [0.15, 0.2) is 11.6 Å². The summed E-state index contributed by atoms with van der Waals surface area (Å²) in [5.41, 5.74) is 0.983. The average Bonchev–Trinajstić information content (AvgIpc) is 3.34. The number of amides is 1. The zero-order chi connectivity index (χ0) is 23.7. The summed E-state index contributed by atoms with van der Waals surface area (Å²) >= 11 is 0. The van der Waals surface area contributed by atoms with Crippen LogP contribution in [-0.4, -0.2) is 25.6 Å². The molecule has 0 fully saturated rings. The summed E-state index contributed by atoms with van der Waals surface area (Å²) in [5, 5.41) is 7.03. The number of pyridine rings is 2. The number of carbonyl (C=O) groups excluding carboxylic acids is 1. The Kier molecular flexibility index (Phi) is 5.38. The fraction of sp³-hybridized carbons (Fsp3) is 0.0417. The molecule has 5 rings (SSSR count). The molecule has 0 aliphatic carbocycles. The van der Waals surface area contributed by atoms with Gasteiger partial charge in [0.1, 0.15) is 12.2 Å². The molecule has 34 heavy (non-hydrogen) atoms. The molecule has 0 bridgehead atoms. The highest BCUT2D eigenvalue weighted by Crippen LogP contribution is 2.27. The molecule has 0 radical (unpaired) electrons. The maximum Gasteiger partial charge on any atom is 0.259 e. The van der Waals surface area contributed by atoms with E-state index in [4.69, 9.17) is 4.52 Å². The number of nitrogens with one attached hydrogen (secondary N) is 1. The molecule has 0 unspecified atom stereocenters. The number of rotatable bonds is 5. The van der Waals surface area contributed by atoms with Crippen LogP contribution in [0.4, 0.5) is 14.5 Å². The molecule has 0 atom stereocenters. The highest BCUT2D eigenvalue weighted by atomic mass is 19.2. The molecule has 10 heteroatoms. The van der Waals surface area contributed by atoms with Crippen LogP contribution >= 0.6 is 0 Å². The zero-order valence-electron chi connectivity index (χ0n) is 17.4. The van der Waals surface area contributed by atoms with E-state index in [0.717, 1.165) is 12.1 Å². The van der Waals surface area contributed by atoms with Crippen LogP contribution in [-0.2, 0) is 11.3 Å². The fourth-order valence-electron chi connectivity index (χ4n) is 3.52. The number of hydrogen-bond donors (Lipinski definition) is 1. The molecular weight excluding hydrogens is 444 g/mol. The van der Waals surface area contributed by atoms with Gasteiger partial charge in [-0.3, -0.25) is 19.1 Å². The smallest absolute Gasteiger partial charge is 0.259 e. The van der Waals surface area contributed by atoms with Gasteiger partial charge in [-0.25, -0.2) is 8.78 Å². The van der Waals surface area contributed by atoms with Crippen LogP contribution in [0.5, 0.6) is 0 Å². The van der Waals surface area contributed by atoms with E-state index in [1.165, 1.54) is 16.7 Å². The van der Waals surface area contributed by atoms with Crippen LogP contribution in [0.2, 0.25) is 0 Å². The van der Waals surface area contributed by atoms with Crippen molar-refractivity contribution in [1.82, 2.24) is 19.7 Å². The lowest BCUT2D eigenvalue weighted by Gasteiger charge is -2.12. The molecule has 168 valence electrons. The molecule has 0 spiro atoms. The van der Waals surface area contributed by atoms with Crippen LogP contribution in [0.25, 0.3) is 33.9 Å². The third-order valence-corrected chi connectivity index (χ3v) is 5.07. The van der Waals surface area contributed by atoms with Crippen molar-refractivity contribution in [2.45, 2.75) is 6.54 Å². The van der Waals surface area contributed by atoms with Gasteiger partial charge in [-0.05, 0) is 30.3 Å². The largest absolute Gasteiger partial charge is 0.334 e. The second-order valence-electron chi connectivity index (χ2n) is 7.31. The lowest BCUT2D eigenvalue weighted by molar-refractivity contribution is -0.116. The van der Waals surface area contributed by atoms with E-state index in [1.54, 1.807) is 48.7 Å². The normalized spacial score (nSPS) is 11.0. The molecule has 3 heterocycles. The Bertz CT molecular complexity index is 1580. The summed E-state index contributed by atoms with van der Waals surface area (Å²) in [5.74, 6) is -2.29. The third kappa shape index (κ3) is 4.04. The molecule has 2 aromatic carbocycles. The molecule has 0 saturated carbocycles. The third-order valence-electron chi connectivity index (χ3n) is 5.07. The number of fused-ring (bicyclic) bond motifs is 1. The minimum absolute atomic E-state index is 0.0748. The monoisotopic (exact) mass is 459 g/mol. The van der Waals surface area contributed by atoms with Crippen LogP contribution in [0, 0.1) is 11.6 Å². The number of anilines is 1. The van der Waals surface area contributed by atoms with Crippen LogP contribution in [0.1, 0.15) is 0 Å². The van der Waals surface area contributed by atoms with Crippen molar-refractivity contribution in [3.63, 3.8) is 0 Å². The second-order valence-corrected chi connectivity index (χ2v) is 7.31. The van der Waals surface area contributed by atoms with Gasteiger partial charge >= 0.3 is 0 Å². The van der Waals surface area contributed by atoms with Crippen molar-refractivity contribution >= 4 is 22.5 Å². The Morgan fingerprint density at radius 1 is 1.00 bits per heavy atom. The maximum atomic E-state index is 13.4. The predicted octanol–water partition coefficient (Wildman–Crippen LogP) is 4.03. The van der Waals surface area contributed by atoms with Crippen LogP contribution < -0.4 is 10.9 Å². The van der Waals surface area contributed by atoms with Gasteiger partial charge in [-0.1, -0.05) is 29.4 Å². The number of halogens is 2. The van der Waals surface area contributed by atoms with Gasteiger partial charge in [0.25, 0.3) is 11.4 Å². The van der Waals surface area contributed by atoms with Gasteiger partial charge in [0, 0.05) is 29.4 Å². The van der Waals surface area contributed by atoms with Gasteiger partial charge in [0.05, 0.1) is 11.1 Å². The van der Waals surface area contributed by atoms with E-state index >= 15 is 0 Å². The van der Waals surface area contributed by atoms with E-state index in [0.29, 0.717) is 22.2 Å². The molecule has 0 aliphatic rings. The summed E-state index contributed by atoms with van der Waals surface area (Å²) in [7, 11) is 0. The number of para-hydroxylation sites is 1. The van der Waals surface area contributed by atoms with Gasteiger partial charge in [-0.2, -0.15) is 4.98 Å². The van der Waals surface area contributed by atoms with Crippen molar-refractivity contribution in [1.29, 1.82) is 0 Å². The second kappa shape index (κ2) is 8.66. The van der Waals surface area contributed by atoms with Crippen molar-refractivity contribution in [2.75, 3.05) is 5.32 Å². The Morgan fingerprint density at radius 2 is 1.82 bits per heavy atom. The van der Waals surface area contributed by atoms with E-state index in [1.807, 2.05) is 0 Å². The number of benzene rings is 2. The molecule has 1 amide bonds. The maximum absolute atomic E-state index is 13.4. The number of nitrogens with zero attached hydrogens (tertiary/aromatic N) is 4. The Morgan fingerprint density at radius 3 is 2.62 bits per heavy atom. The summed E-state index contributed by atoms with van der Waals surface area (Å²) in [6, 6.07) is 16.5. The fourth-order valence-corrected chi connectivity index (χ4v) is 3.52. The topological polar surface area (TPSA) is 103 Å². The first kappa shape index (κ1) is 21.1. The number of carbonyl (C=O) groups is 1. The Hall–Kier alpha value is -4.73. The summed E-state index contributed by atoms with van der Waals surface area (Å²) < 4.78 is 33.2. The van der Waals surface area contributed by atoms with Crippen LogP contribution in [0.15, 0.2) is 82.2 Å². The van der Waals surface area contributed by atoms with Gasteiger partial charge in [-0.15, -0.1) is 0 Å². The molecule has 5 aromatic rings. The van der Waals surface area contributed by atoms with Crippen LogP contribution in [0.3, 0.4) is 0 Å². The van der Waals surface area contributed by atoms with Crippen molar-refractivity contribution < 1.29 is 18.1 Å². The minimum atomic E-state index is -1.09. The van der Waals surface area contributed by atoms with E-state index in [2.05, 4.69) is 20.4 Å². The predicted molar refractivity (Wildman–Crippen MR) is 120 cm³/mol. The van der Waals surface area contributed by atoms with Gasteiger partial charge in [0.2, 0.25) is 11.7 Å². The first-order valence-corrected chi connectivity index (χ1v) is 10.1. The molecule has 0 aliphatic heterocycles. The summed E-state index contributed by atoms with van der Waals surface area (Å²) in [6.45, 7) is -0.346. The average molecular weight is 459 g/mol. The first-order valence-electron chi connectivity index (χ1n) is 10.1. The van der Waals surface area contributed by atoms with Crippen molar-refractivity contribution in [3.05, 3.63) is 94.9 Å². The molecule has 3 aromatic heterocycles. The SMILES string of the molecule is O=C(Cn1c(=O)cc(-c2nc(-c3ccccn3)no2)c2ccccc21)Nc1ccc(F)c(F)c1. The molecular formula is C24H15F2N5O3. The van der Waals surface area contributed by atoms with Gasteiger partial charge < -0.3 is 9.84 Å². The van der Waals surface area contributed by atoms with Crippen molar-refractivity contribution in [2.24, 2.45) is 0 Å². The minimum Gasteiger partial charge on any atom is -0.334 e. The molecule has 1 N–H and O–H groups in total. The van der Waals surface area contributed by atoms with Crippen molar-refractivity contribution in [3.8, 4) is 23.0 Å². The number of hydrogen-bond acceptors (Lipinski definition) is 6. The standard InChI is InChI=1S/C24H15F2N5O3/c25-17-9-8-14(11-18(17)26)28-21(32)13-31-20-7-2-1-5-15(20)16(12-22(31)33)24-29-23(30-34-24)19-6-3-4-10-27-19/h1-12H,13H2,(H,28,32). The molecule has 0 saturated heterocycles. The first-order chi connectivity index (χ1) is 16.5. The summed E-state index contributed by atoms with van der Waals surface area (Å²) in [4.78, 5) is 34.1. The quantitative estimate of drug-likeness (QED) is 0.426. The van der Waals surface area contributed by atoms with E-state index in [-0.39, 0.29) is 23.9 Å². The number of aromatic nitrogens is 4. The molecule has 8 nitrogen and oxygen atoms in total. The summed E-state index contributed by atoms with van der Waals surface area (Å²) in [6.07, 6.45) is 1.60. The highest BCUT2D eigenvalue weighted by molar-refractivity contribution is 5.95. The van der Waals surface area contributed by atoms with E-state index in [9.17, 15) is 18.4 Å². The lowest BCUT2D eigenvalue weighted by Crippen LogP contribution is -2.27.